The van der Waals surface area contributed by atoms with E-state index in [1.807, 2.05) is 23.8 Å². The Morgan fingerprint density at radius 1 is 1.40 bits per heavy atom. The minimum absolute atomic E-state index is 0.244. The summed E-state index contributed by atoms with van der Waals surface area (Å²) in [7, 11) is 0. The molecule has 0 radical (unpaired) electrons. The lowest BCUT2D eigenvalue weighted by Gasteiger charge is -2.08. The molecule has 3 rings (SSSR count). The molecule has 0 N–H and O–H groups in total. The van der Waals surface area contributed by atoms with Gasteiger partial charge in [0.2, 0.25) is 0 Å². The number of alkyl halides is 1. The number of aryl methyl sites for hydroxylation is 1. The number of nitrogens with zero attached hydrogens (tertiary/aromatic N) is 3. The monoisotopic (exact) mass is 309 g/mol. The zero-order chi connectivity index (χ0) is 14.3. The Balaban J connectivity index is 2.15. The van der Waals surface area contributed by atoms with Crippen molar-refractivity contribution >= 4 is 34.0 Å². The van der Waals surface area contributed by atoms with E-state index in [9.17, 15) is 4.39 Å². The van der Waals surface area contributed by atoms with Crippen LogP contribution in [0.3, 0.4) is 0 Å². The minimum Gasteiger partial charge on any atom is -0.320 e. The number of hydrogen-bond donors (Lipinski definition) is 0. The highest BCUT2D eigenvalue weighted by molar-refractivity contribution is 7.09. The molecule has 6 heteroatoms. The van der Waals surface area contributed by atoms with Crippen LogP contribution in [0, 0.1) is 12.7 Å². The van der Waals surface area contributed by atoms with Crippen molar-refractivity contribution in [3.63, 3.8) is 0 Å². The van der Waals surface area contributed by atoms with Crippen LogP contribution >= 0.6 is 22.9 Å². The van der Waals surface area contributed by atoms with Crippen LogP contribution in [-0.2, 0) is 6.54 Å². The number of thiazole rings is 1. The SMILES string of the molecule is Cc1csc(Cn2c(C(C)Cl)nc3ccc(F)cc32)n1. The summed E-state index contributed by atoms with van der Waals surface area (Å²) in [5, 5.41) is 2.72. The van der Waals surface area contributed by atoms with Gasteiger partial charge in [-0.2, -0.15) is 0 Å². The van der Waals surface area contributed by atoms with Crippen molar-refractivity contribution in [3.05, 3.63) is 45.9 Å². The molecule has 0 aliphatic heterocycles. The maximum atomic E-state index is 13.5. The number of benzene rings is 1. The number of aromatic nitrogens is 3. The molecule has 0 saturated carbocycles. The van der Waals surface area contributed by atoms with Crippen LogP contribution in [0.2, 0.25) is 0 Å². The van der Waals surface area contributed by atoms with Crippen molar-refractivity contribution in [1.29, 1.82) is 0 Å². The first-order chi connectivity index (χ1) is 9.54. The third-order valence-corrected chi connectivity index (χ3v) is 4.20. The Bertz CT molecular complexity index is 763. The van der Waals surface area contributed by atoms with Gasteiger partial charge >= 0.3 is 0 Å². The molecule has 1 aromatic carbocycles. The zero-order valence-corrected chi connectivity index (χ0v) is 12.7. The maximum absolute atomic E-state index is 13.5. The van der Waals surface area contributed by atoms with Crippen LogP contribution in [0.5, 0.6) is 0 Å². The molecule has 0 bridgehead atoms. The van der Waals surface area contributed by atoms with E-state index in [0.717, 1.165) is 27.6 Å². The number of halogens is 2. The van der Waals surface area contributed by atoms with E-state index >= 15 is 0 Å². The summed E-state index contributed by atoms with van der Waals surface area (Å²) < 4.78 is 15.4. The largest absolute Gasteiger partial charge is 0.320 e. The van der Waals surface area contributed by atoms with Gasteiger partial charge in [-0.1, -0.05) is 0 Å². The molecule has 0 aliphatic carbocycles. The molecular formula is C14H13ClFN3S. The van der Waals surface area contributed by atoms with E-state index < -0.39 is 0 Å². The first-order valence-corrected chi connectivity index (χ1v) is 7.57. The van der Waals surface area contributed by atoms with Gasteiger partial charge in [-0.05, 0) is 32.0 Å². The normalized spacial score (nSPS) is 13.0. The van der Waals surface area contributed by atoms with Crippen molar-refractivity contribution in [1.82, 2.24) is 14.5 Å². The average molecular weight is 310 g/mol. The molecule has 0 fully saturated rings. The molecule has 1 unspecified atom stereocenters. The van der Waals surface area contributed by atoms with E-state index in [1.54, 1.807) is 17.4 Å². The molecular weight excluding hydrogens is 297 g/mol. The Hall–Kier alpha value is -1.46. The highest BCUT2D eigenvalue weighted by atomic mass is 35.5. The summed E-state index contributed by atoms with van der Waals surface area (Å²) in [5.74, 6) is 0.461. The molecule has 20 heavy (non-hydrogen) atoms. The van der Waals surface area contributed by atoms with Crippen LogP contribution < -0.4 is 0 Å². The molecule has 0 aliphatic rings. The predicted octanol–water partition coefficient (Wildman–Crippen LogP) is 4.29. The van der Waals surface area contributed by atoms with E-state index in [2.05, 4.69) is 9.97 Å². The summed E-state index contributed by atoms with van der Waals surface area (Å²) in [6.07, 6.45) is 0. The van der Waals surface area contributed by atoms with Crippen LogP contribution in [0.15, 0.2) is 23.6 Å². The van der Waals surface area contributed by atoms with E-state index in [0.29, 0.717) is 6.54 Å². The van der Waals surface area contributed by atoms with Gasteiger partial charge < -0.3 is 4.57 Å². The molecule has 2 heterocycles. The van der Waals surface area contributed by atoms with E-state index in [1.165, 1.54) is 12.1 Å². The minimum atomic E-state index is -0.275. The lowest BCUT2D eigenvalue weighted by Crippen LogP contribution is -2.05. The first-order valence-electron chi connectivity index (χ1n) is 6.25. The maximum Gasteiger partial charge on any atom is 0.128 e. The third-order valence-electron chi connectivity index (χ3n) is 3.06. The molecule has 2 aromatic heterocycles. The zero-order valence-electron chi connectivity index (χ0n) is 11.1. The fourth-order valence-electron chi connectivity index (χ4n) is 2.19. The quantitative estimate of drug-likeness (QED) is 0.676. The second kappa shape index (κ2) is 5.14. The smallest absolute Gasteiger partial charge is 0.128 e. The van der Waals surface area contributed by atoms with Gasteiger partial charge in [0, 0.05) is 11.1 Å². The average Bonchev–Trinajstić information content (AvgIpc) is 2.95. The lowest BCUT2D eigenvalue weighted by molar-refractivity contribution is 0.628. The molecule has 0 saturated heterocycles. The van der Waals surface area contributed by atoms with Crippen molar-refractivity contribution in [2.75, 3.05) is 0 Å². The van der Waals surface area contributed by atoms with Crippen LogP contribution in [-0.4, -0.2) is 14.5 Å². The lowest BCUT2D eigenvalue weighted by atomic mass is 10.3. The van der Waals surface area contributed by atoms with Crippen molar-refractivity contribution < 1.29 is 4.39 Å². The molecule has 3 nitrogen and oxygen atoms in total. The highest BCUT2D eigenvalue weighted by Gasteiger charge is 2.16. The molecule has 104 valence electrons. The van der Waals surface area contributed by atoms with Gasteiger partial charge in [0.25, 0.3) is 0 Å². The topological polar surface area (TPSA) is 30.7 Å². The summed E-state index contributed by atoms with van der Waals surface area (Å²) >= 11 is 7.78. The van der Waals surface area contributed by atoms with Crippen molar-refractivity contribution in [2.45, 2.75) is 25.8 Å². The fourth-order valence-corrected chi connectivity index (χ4v) is 3.12. The molecule has 0 amide bonds. The summed E-state index contributed by atoms with van der Waals surface area (Å²) in [6, 6.07) is 4.58. The van der Waals surface area contributed by atoms with Crippen LogP contribution in [0.4, 0.5) is 4.39 Å². The van der Waals surface area contributed by atoms with Crippen LogP contribution in [0.1, 0.15) is 28.8 Å². The Labute approximate surface area is 125 Å². The van der Waals surface area contributed by atoms with E-state index in [-0.39, 0.29) is 11.2 Å². The standard InChI is InChI=1S/C14H13ClFN3S/c1-8-7-20-13(17-8)6-19-12-5-10(16)3-4-11(12)18-14(19)9(2)15/h3-5,7,9H,6H2,1-2H3. The van der Waals surface area contributed by atoms with Crippen molar-refractivity contribution in [3.8, 4) is 0 Å². The van der Waals surface area contributed by atoms with Gasteiger partial charge in [0.15, 0.2) is 0 Å². The second-order valence-electron chi connectivity index (χ2n) is 4.69. The molecule has 3 aromatic rings. The summed E-state index contributed by atoms with van der Waals surface area (Å²) in [6.45, 7) is 4.38. The summed E-state index contributed by atoms with van der Waals surface area (Å²) in [4.78, 5) is 8.95. The third kappa shape index (κ3) is 2.43. The first kappa shape index (κ1) is 13.5. The van der Waals surface area contributed by atoms with Crippen molar-refractivity contribution in [2.24, 2.45) is 0 Å². The van der Waals surface area contributed by atoms with Gasteiger partial charge in [-0.25, -0.2) is 14.4 Å². The number of imidazole rings is 1. The van der Waals surface area contributed by atoms with Gasteiger partial charge in [-0.15, -0.1) is 22.9 Å². The Morgan fingerprint density at radius 2 is 2.20 bits per heavy atom. The fraction of sp³-hybridized carbons (Fsp3) is 0.286. The summed E-state index contributed by atoms with van der Waals surface area (Å²) in [5.41, 5.74) is 2.49. The molecule has 0 spiro atoms. The highest BCUT2D eigenvalue weighted by Crippen LogP contribution is 2.26. The van der Waals surface area contributed by atoms with Gasteiger partial charge in [0.05, 0.1) is 23.0 Å². The van der Waals surface area contributed by atoms with E-state index in [4.69, 9.17) is 11.6 Å². The van der Waals surface area contributed by atoms with Gasteiger partial charge in [-0.3, -0.25) is 0 Å². The Kier molecular flexibility index (Phi) is 3.48. The number of fused-ring (bicyclic) bond motifs is 1. The Morgan fingerprint density at radius 3 is 2.85 bits per heavy atom. The molecule has 1 atom stereocenters. The second-order valence-corrected chi connectivity index (χ2v) is 6.29. The number of rotatable bonds is 3. The van der Waals surface area contributed by atoms with Crippen LogP contribution in [0.25, 0.3) is 11.0 Å². The number of hydrogen-bond acceptors (Lipinski definition) is 3. The predicted molar refractivity (Wildman–Crippen MR) is 79.9 cm³/mol. The van der Waals surface area contributed by atoms with Gasteiger partial charge in [0.1, 0.15) is 16.6 Å².